The van der Waals surface area contributed by atoms with Crippen molar-refractivity contribution in [1.29, 1.82) is 0 Å². The molecule has 1 aliphatic heterocycles. The van der Waals surface area contributed by atoms with Crippen LogP contribution in [-0.2, 0) is 0 Å². The van der Waals surface area contributed by atoms with Gasteiger partial charge in [0.15, 0.2) is 0 Å². The molecule has 1 nitrogen and oxygen atoms in total. The summed E-state index contributed by atoms with van der Waals surface area (Å²) in [4.78, 5) is 2.46. The molecule has 0 aromatic heterocycles. The summed E-state index contributed by atoms with van der Waals surface area (Å²) in [7, 11) is 2.24. The van der Waals surface area contributed by atoms with E-state index in [2.05, 4.69) is 18.2 Å². The summed E-state index contributed by atoms with van der Waals surface area (Å²) in [5.74, 6) is 4.66. The summed E-state index contributed by atoms with van der Waals surface area (Å²) in [6.07, 6.45) is 2.22. The molecule has 3 atom stereocenters. The minimum atomic E-state index is 1.08. The normalized spacial score (nSPS) is 45.6. The molecule has 2 fully saturated rings. The molecule has 2 rings (SSSR count). The van der Waals surface area contributed by atoms with Crippen molar-refractivity contribution < 1.29 is 0 Å². The zero-order valence-electron chi connectivity index (χ0n) is 6.71. The maximum absolute atomic E-state index is 2.46. The van der Waals surface area contributed by atoms with Crippen LogP contribution in [0, 0.1) is 17.8 Å². The third-order valence-electron chi connectivity index (χ3n) is 2.91. The van der Waals surface area contributed by atoms with Gasteiger partial charge < -0.3 is 4.90 Å². The molecule has 0 bridgehead atoms. The van der Waals surface area contributed by atoms with Crippen LogP contribution in [-0.4, -0.2) is 37.0 Å². The number of likely N-dealkylation sites (tertiary alicyclic amines) is 1. The third kappa shape index (κ3) is 0.978. The van der Waals surface area contributed by atoms with Crippen LogP contribution in [0.2, 0.25) is 0 Å². The Morgan fingerprint density at radius 1 is 1.40 bits per heavy atom. The second-order valence-corrected chi connectivity index (χ2v) is 4.58. The fourth-order valence-corrected chi connectivity index (χ4v) is 3.18. The average molecular weight is 157 g/mol. The van der Waals surface area contributed by atoms with Gasteiger partial charge in [0, 0.05) is 13.1 Å². The quantitative estimate of drug-likeness (QED) is 0.592. The lowest BCUT2D eigenvalue weighted by molar-refractivity contribution is 0.352. The fraction of sp³-hybridized carbons (Fsp3) is 1.00. The molecule has 1 aliphatic carbocycles. The number of rotatable bonds is 2. The Bertz CT molecular complexity index is 118. The van der Waals surface area contributed by atoms with Gasteiger partial charge in [-0.25, -0.2) is 0 Å². The standard InChI is InChI=1S/C8H15NS/c1-9-3-6-7(4-9)8(6)5-10-2/h6-8H,3-5H2,1-2H3/t6-,7+,8?. The zero-order valence-corrected chi connectivity index (χ0v) is 7.53. The molecular formula is C8H15NS. The monoisotopic (exact) mass is 157 g/mol. The lowest BCUT2D eigenvalue weighted by atomic mass is 10.3. The van der Waals surface area contributed by atoms with E-state index >= 15 is 0 Å². The van der Waals surface area contributed by atoms with Gasteiger partial charge in [-0.15, -0.1) is 0 Å². The summed E-state index contributed by atoms with van der Waals surface area (Å²) in [6, 6.07) is 0. The van der Waals surface area contributed by atoms with Crippen molar-refractivity contribution in [1.82, 2.24) is 4.90 Å². The van der Waals surface area contributed by atoms with Crippen molar-refractivity contribution >= 4 is 11.8 Å². The van der Waals surface area contributed by atoms with E-state index in [4.69, 9.17) is 0 Å². The Hall–Kier alpha value is 0.310. The molecular weight excluding hydrogens is 142 g/mol. The predicted molar refractivity (Wildman–Crippen MR) is 46.3 cm³/mol. The molecule has 0 radical (unpaired) electrons. The van der Waals surface area contributed by atoms with Crippen molar-refractivity contribution in [2.45, 2.75) is 0 Å². The second kappa shape index (κ2) is 2.42. The number of thioether (sulfide) groups is 1. The molecule has 1 heterocycles. The van der Waals surface area contributed by atoms with Crippen molar-refractivity contribution in [2.75, 3.05) is 32.1 Å². The number of nitrogens with zero attached hydrogens (tertiary/aromatic N) is 1. The smallest absolute Gasteiger partial charge is 0.00130 e. The van der Waals surface area contributed by atoms with E-state index < -0.39 is 0 Å². The van der Waals surface area contributed by atoms with Crippen LogP contribution in [0.15, 0.2) is 0 Å². The molecule has 0 N–H and O–H groups in total. The van der Waals surface area contributed by atoms with Crippen LogP contribution < -0.4 is 0 Å². The molecule has 1 unspecified atom stereocenters. The highest BCUT2D eigenvalue weighted by Gasteiger charge is 2.53. The molecule has 2 aliphatic rings. The predicted octanol–water partition coefficient (Wildman–Crippen LogP) is 1.16. The molecule has 0 amide bonds. The molecule has 1 saturated carbocycles. The second-order valence-electron chi connectivity index (χ2n) is 3.67. The van der Waals surface area contributed by atoms with E-state index in [1.807, 2.05) is 11.8 Å². The van der Waals surface area contributed by atoms with Crippen molar-refractivity contribution in [3.05, 3.63) is 0 Å². The highest BCUT2D eigenvalue weighted by atomic mass is 32.2. The minimum absolute atomic E-state index is 1.08. The lowest BCUT2D eigenvalue weighted by Gasteiger charge is -2.11. The van der Waals surface area contributed by atoms with Crippen LogP contribution in [0.4, 0.5) is 0 Å². The van der Waals surface area contributed by atoms with E-state index in [0.717, 1.165) is 17.8 Å². The van der Waals surface area contributed by atoms with Gasteiger partial charge in [0.1, 0.15) is 0 Å². The van der Waals surface area contributed by atoms with Gasteiger partial charge in [-0.05, 0) is 36.8 Å². The van der Waals surface area contributed by atoms with Crippen LogP contribution >= 0.6 is 11.8 Å². The van der Waals surface area contributed by atoms with E-state index in [0.29, 0.717) is 0 Å². The summed E-state index contributed by atoms with van der Waals surface area (Å²) in [6.45, 7) is 2.74. The summed E-state index contributed by atoms with van der Waals surface area (Å²) < 4.78 is 0. The Morgan fingerprint density at radius 2 is 2.00 bits per heavy atom. The van der Waals surface area contributed by atoms with Crippen LogP contribution in [0.5, 0.6) is 0 Å². The highest BCUT2D eigenvalue weighted by Crippen LogP contribution is 2.52. The molecule has 1 saturated heterocycles. The van der Waals surface area contributed by atoms with Crippen molar-refractivity contribution in [3.63, 3.8) is 0 Å². The third-order valence-corrected chi connectivity index (χ3v) is 3.63. The molecule has 10 heavy (non-hydrogen) atoms. The summed E-state index contributed by atoms with van der Waals surface area (Å²) in [5.41, 5.74) is 0. The van der Waals surface area contributed by atoms with Gasteiger partial charge >= 0.3 is 0 Å². The molecule has 0 spiro atoms. The van der Waals surface area contributed by atoms with Crippen LogP contribution in [0.25, 0.3) is 0 Å². The van der Waals surface area contributed by atoms with Gasteiger partial charge in [-0.3, -0.25) is 0 Å². The first-order valence-corrected chi connectivity index (χ1v) is 5.40. The van der Waals surface area contributed by atoms with E-state index in [9.17, 15) is 0 Å². The van der Waals surface area contributed by atoms with Gasteiger partial charge in [-0.2, -0.15) is 11.8 Å². The number of fused-ring (bicyclic) bond motifs is 1. The molecule has 2 heteroatoms. The number of piperidine rings is 1. The lowest BCUT2D eigenvalue weighted by Crippen LogP contribution is -2.19. The van der Waals surface area contributed by atoms with E-state index in [1.54, 1.807) is 0 Å². The van der Waals surface area contributed by atoms with Gasteiger partial charge in [0.2, 0.25) is 0 Å². The van der Waals surface area contributed by atoms with Crippen LogP contribution in [0.1, 0.15) is 0 Å². The molecule has 0 aromatic carbocycles. The Kier molecular flexibility index (Phi) is 1.69. The van der Waals surface area contributed by atoms with Crippen molar-refractivity contribution in [3.8, 4) is 0 Å². The first-order valence-electron chi connectivity index (χ1n) is 4.00. The minimum Gasteiger partial charge on any atom is -0.306 e. The first kappa shape index (κ1) is 6.99. The van der Waals surface area contributed by atoms with Gasteiger partial charge in [0.05, 0.1) is 0 Å². The highest BCUT2D eigenvalue weighted by molar-refractivity contribution is 7.98. The van der Waals surface area contributed by atoms with Crippen LogP contribution in [0.3, 0.4) is 0 Å². The summed E-state index contributed by atoms with van der Waals surface area (Å²) in [5, 5.41) is 0. The Balaban J connectivity index is 1.81. The Morgan fingerprint density at radius 3 is 2.50 bits per heavy atom. The zero-order chi connectivity index (χ0) is 7.14. The van der Waals surface area contributed by atoms with Gasteiger partial charge in [-0.1, -0.05) is 0 Å². The molecule has 58 valence electrons. The summed E-state index contributed by atoms with van der Waals surface area (Å²) >= 11 is 2.01. The first-order chi connectivity index (χ1) is 4.83. The largest absolute Gasteiger partial charge is 0.306 e. The number of hydrogen-bond donors (Lipinski definition) is 0. The topological polar surface area (TPSA) is 3.24 Å². The van der Waals surface area contributed by atoms with Crippen molar-refractivity contribution in [2.24, 2.45) is 17.8 Å². The average Bonchev–Trinajstić information content (AvgIpc) is 2.43. The van der Waals surface area contributed by atoms with E-state index in [1.165, 1.54) is 18.8 Å². The number of hydrogen-bond acceptors (Lipinski definition) is 2. The maximum atomic E-state index is 2.46. The molecule has 0 aromatic rings. The Labute approximate surface area is 67.2 Å². The van der Waals surface area contributed by atoms with E-state index in [-0.39, 0.29) is 0 Å². The fourth-order valence-electron chi connectivity index (χ4n) is 2.30. The maximum Gasteiger partial charge on any atom is 0.00130 e. The van der Waals surface area contributed by atoms with Gasteiger partial charge in [0.25, 0.3) is 0 Å². The SMILES string of the molecule is CSCC1[C@H]2CN(C)C[C@@H]12.